The van der Waals surface area contributed by atoms with Crippen LogP contribution in [0.1, 0.15) is 18.1 Å². The number of para-hydroxylation sites is 1. The van der Waals surface area contributed by atoms with Crippen LogP contribution in [0.15, 0.2) is 218 Å². The van der Waals surface area contributed by atoms with Crippen LogP contribution in [0.5, 0.6) is 0 Å². The molecule has 4 heteroatoms. The monoisotopic (exact) mass is 820 g/mol. The summed E-state index contributed by atoms with van der Waals surface area (Å²) in [6, 6.07) is 77.7. The summed E-state index contributed by atoms with van der Waals surface area (Å²) < 4.78 is 2.44. The van der Waals surface area contributed by atoms with Crippen molar-refractivity contribution in [1.82, 2.24) is 19.5 Å². The molecule has 304 valence electrons. The quantitative estimate of drug-likeness (QED) is 0.146. The molecule has 2 aromatic heterocycles. The van der Waals surface area contributed by atoms with Gasteiger partial charge in [-0.1, -0.05) is 189 Å². The standard InChI is InChI=1S/C60H44N4/c1-3-41-20-13-14-31-52(41)50-33-19-34-51(40(50)2)60-62-58(44-25-11-6-12-26-44)61-59(63-60)47-29-17-27-45(36-47)46-28-18-30-49(37-46)64-56-35-16-15-32-53(56)55-39-48(42-21-7-4-8-22-42)38-54(57(55)64)43-23-9-5-10-24-43/h4-39H,3H2,1-2H3. The second kappa shape index (κ2) is 16.6. The highest BCUT2D eigenvalue weighted by molar-refractivity contribution is 6.15. The number of hydrogen-bond acceptors (Lipinski definition) is 3. The minimum Gasteiger partial charge on any atom is -0.309 e. The van der Waals surface area contributed by atoms with E-state index in [9.17, 15) is 0 Å². The Balaban J connectivity index is 1.05. The highest BCUT2D eigenvalue weighted by Gasteiger charge is 2.20. The van der Waals surface area contributed by atoms with Crippen molar-refractivity contribution in [2.24, 2.45) is 0 Å². The molecule has 0 bridgehead atoms. The molecular weight excluding hydrogens is 777 g/mol. The van der Waals surface area contributed by atoms with Crippen molar-refractivity contribution in [1.29, 1.82) is 0 Å². The summed E-state index contributed by atoms with van der Waals surface area (Å²) >= 11 is 0. The van der Waals surface area contributed by atoms with Crippen LogP contribution in [0.25, 0.3) is 106 Å². The summed E-state index contributed by atoms with van der Waals surface area (Å²) in [5, 5.41) is 2.44. The molecule has 0 saturated carbocycles. The molecule has 0 spiro atoms. The van der Waals surface area contributed by atoms with E-state index in [1.165, 1.54) is 55.2 Å². The molecule has 0 N–H and O–H groups in total. The first-order valence-corrected chi connectivity index (χ1v) is 22.0. The van der Waals surface area contributed by atoms with Gasteiger partial charge < -0.3 is 4.57 Å². The summed E-state index contributed by atoms with van der Waals surface area (Å²) in [7, 11) is 0. The largest absolute Gasteiger partial charge is 0.309 e. The Bertz CT molecular complexity index is 3480. The smallest absolute Gasteiger partial charge is 0.164 e. The summed E-state index contributed by atoms with van der Waals surface area (Å²) in [5.74, 6) is 1.92. The average molecular weight is 821 g/mol. The summed E-state index contributed by atoms with van der Waals surface area (Å²) in [4.78, 5) is 15.5. The number of hydrogen-bond donors (Lipinski definition) is 0. The van der Waals surface area contributed by atoms with Crippen LogP contribution >= 0.6 is 0 Å². The molecule has 0 saturated heterocycles. The van der Waals surface area contributed by atoms with E-state index in [-0.39, 0.29) is 0 Å². The van der Waals surface area contributed by atoms with Gasteiger partial charge in [-0.15, -0.1) is 0 Å². The van der Waals surface area contributed by atoms with E-state index in [0.29, 0.717) is 17.5 Å². The molecule has 0 radical (unpaired) electrons. The highest BCUT2D eigenvalue weighted by Crippen LogP contribution is 2.42. The third kappa shape index (κ3) is 7.05. The van der Waals surface area contributed by atoms with Gasteiger partial charge in [0.05, 0.1) is 11.0 Å². The van der Waals surface area contributed by atoms with E-state index < -0.39 is 0 Å². The van der Waals surface area contributed by atoms with Crippen molar-refractivity contribution in [2.75, 3.05) is 0 Å². The number of nitrogens with zero attached hydrogens (tertiary/aromatic N) is 4. The fourth-order valence-electron chi connectivity index (χ4n) is 9.27. The molecule has 2 heterocycles. The Kier molecular flexibility index (Phi) is 10.0. The lowest BCUT2D eigenvalue weighted by atomic mass is 9.92. The Morgan fingerprint density at radius 2 is 0.906 bits per heavy atom. The van der Waals surface area contributed by atoms with Gasteiger partial charge in [-0.3, -0.25) is 0 Å². The number of rotatable bonds is 9. The van der Waals surface area contributed by atoms with Gasteiger partial charge in [0.2, 0.25) is 0 Å². The third-order valence-corrected chi connectivity index (χ3v) is 12.4. The minimum atomic E-state index is 0.629. The maximum Gasteiger partial charge on any atom is 0.164 e. The van der Waals surface area contributed by atoms with Gasteiger partial charge in [0, 0.05) is 38.7 Å². The van der Waals surface area contributed by atoms with Crippen LogP contribution in [0.3, 0.4) is 0 Å². The fraction of sp³-hybridized carbons (Fsp3) is 0.0500. The summed E-state index contributed by atoms with van der Waals surface area (Å²) in [5.41, 5.74) is 18.1. The number of benzene rings is 9. The maximum absolute atomic E-state index is 5.24. The van der Waals surface area contributed by atoms with Gasteiger partial charge in [0.1, 0.15) is 0 Å². The molecule has 0 unspecified atom stereocenters. The maximum atomic E-state index is 5.24. The van der Waals surface area contributed by atoms with E-state index >= 15 is 0 Å². The molecule has 0 aliphatic carbocycles. The Morgan fingerprint density at radius 3 is 1.67 bits per heavy atom. The van der Waals surface area contributed by atoms with Crippen LogP contribution < -0.4 is 0 Å². The lowest BCUT2D eigenvalue weighted by molar-refractivity contribution is 1.07. The molecule has 0 aliphatic heterocycles. The van der Waals surface area contributed by atoms with Gasteiger partial charge in [-0.25, -0.2) is 15.0 Å². The van der Waals surface area contributed by atoms with Gasteiger partial charge >= 0.3 is 0 Å². The van der Waals surface area contributed by atoms with E-state index in [1.54, 1.807) is 0 Å². The molecule has 0 atom stereocenters. The van der Waals surface area contributed by atoms with E-state index in [2.05, 4.69) is 219 Å². The van der Waals surface area contributed by atoms with Crippen LogP contribution in [-0.2, 0) is 6.42 Å². The van der Waals surface area contributed by atoms with Crippen LogP contribution in [0.4, 0.5) is 0 Å². The van der Waals surface area contributed by atoms with Gasteiger partial charge in [0.25, 0.3) is 0 Å². The lowest BCUT2D eigenvalue weighted by Crippen LogP contribution is -2.02. The Morgan fingerprint density at radius 1 is 0.359 bits per heavy atom. The molecule has 4 nitrogen and oxygen atoms in total. The highest BCUT2D eigenvalue weighted by atomic mass is 15.0. The first-order chi connectivity index (χ1) is 31.6. The zero-order valence-electron chi connectivity index (χ0n) is 35.8. The summed E-state index contributed by atoms with van der Waals surface area (Å²) in [6.07, 6.45) is 0.954. The van der Waals surface area contributed by atoms with Crippen LogP contribution in [0.2, 0.25) is 0 Å². The Labute approximate surface area is 373 Å². The zero-order chi connectivity index (χ0) is 43.0. The first kappa shape index (κ1) is 38.7. The molecule has 0 fully saturated rings. The van der Waals surface area contributed by atoms with Crippen molar-refractivity contribution in [3.05, 3.63) is 230 Å². The SMILES string of the molecule is CCc1ccccc1-c1cccc(-c2nc(-c3ccccc3)nc(-c3cccc(-c4cccc(-n5c6ccccc6c6cc(-c7ccccc7)cc(-c7ccccc7)c65)c4)c3)n2)c1C. The van der Waals surface area contributed by atoms with Crippen molar-refractivity contribution < 1.29 is 0 Å². The molecule has 11 aromatic rings. The van der Waals surface area contributed by atoms with Crippen molar-refractivity contribution >= 4 is 21.8 Å². The molecule has 9 aromatic carbocycles. The second-order valence-electron chi connectivity index (χ2n) is 16.3. The third-order valence-electron chi connectivity index (χ3n) is 12.4. The average Bonchev–Trinajstić information content (AvgIpc) is 3.71. The minimum absolute atomic E-state index is 0.629. The van der Waals surface area contributed by atoms with E-state index in [4.69, 9.17) is 15.0 Å². The molecule has 11 rings (SSSR count). The topological polar surface area (TPSA) is 43.6 Å². The predicted octanol–water partition coefficient (Wildman–Crippen LogP) is 15.5. The molecule has 0 aliphatic rings. The molecule has 0 amide bonds. The van der Waals surface area contributed by atoms with Crippen LogP contribution in [0, 0.1) is 6.92 Å². The van der Waals surface area contributed by atoms with Gasteiger partial charge in [-0.2, -0.15) is 0 Å². The first-order valence-electron chi connectivity index (χ1n) is 22.0. The zero-order valence-corrected chi connectivity index (χ0v) is 35.8. The van der Waals surface area contributed by atoms with Gasteiger partial charge in [-0.05, 0) is 99.8 Å². The van der Waals surface area contributed by atoms with E-state index in [1.807, 2.05) is 18.2 Å². The normalized spacial score (nSPS) is 11.3. The predicted molar refractivity (Wildman–Crippen MR) is 266 cm³/mol. The van der Waals surface area contributed by atoms with Crippen molar-refractivity contribution in [3.8, 4) is 84.4 Å². The Hall–Kier alpha value is -8.21. The van der Waals surface area contributed by atoms with Gasteiger partial charge in [0.15, 0.2) is 17.5 Å². The van der Waals surface area contributed by atoms with Crippen molar-refractivity contribution in [2.45, 2.75) is 20.3 Å². The number of aromatic nitrogens is 4. The molecule has 64 heavy (non-hydrogen) atoms. The summed E-state index contributed by atoms with van der Waals surface area (Å²) in [6.45, 7) is 4.39. The van der Waals surface area contributed by atoms with E-state index in [0.717, 1.165) is 51.0 Å². The number of fused-ring (bicyclic) bond motifs is 3. The second-order valence-corrected chi connectivity index (χ2v) is 16.3. The van der Waals surface area contributed by atoms with Crippen molar-refractivity contribution in [3.63, 3.8) is 0 Å². The molecular formula is C60H44N4. The van der Waals surface area contributed by atoms with Crippen LogP contribution in [-0.4, -0.2) is 19.5 Å². The number of aryl methyl sites for hydroxylation is 1. The fourth-order valence-corrected chi connectivity index (χ4v) is 9.27. The lowest BCUT2D eigenvalue weighted by Gasteiger charge is -2.15.